The van der Waals surface area contributed by atoms with E-state index in [1.165, 1.54) is 28.8 Å². The molecule has 34 heavy (non-hydrogen) atoms. The molecule has 0 fully saturated rings. The van der Waals surface area contributed by atoms with Crippen molar-refractivity contribution in [1.82, 2.24) is 14.8 Å². The smallest absolute Gasteiger partial charge is 0.383 e. The monoisotopic (exact) mass is 489 g/mol. The van der Waals surface area contributed by atoms with Crippen molar-refractivity contribution in [3.63, 3.8) is 0 Å². The maximum atomic E-state index is 13.6. The lowest BCUT2D eigenvalue weighted by Gasteiger charge is -2.29. The Kier molecular flexibility index (Phi) is 6.74. The molecule has 0 radical (unpaired) electrons. The molecule has 1 heterocycles. The predicted molar refractivity (Wildman–Crippen MR) is 119 cm³/mol. The van der Waals surface area contributed by atoms with Gasteiger partial charge in [-0.25, -0.2) is 4.39 Å². The Hall–Kier alpha value is -3.21. The topological polar surface area (TPSA) is 71.2 Å². The molecule has 0 bridgehead atoms. The number of thioether (sulfide) groups is 1. The molecule has 5 nitrogen and oxygen atoms in total. The van der Waals surface area contributed by atoms with Crippen molar-refractivity contribution in [2.75, 3.05) is 5.75 Å². The number of rotatable bonds is 7. The van der Waals surface area contributed by atoms with E-state index in [2.05, 4.69) is 10.2 Å². The summed E-state index contributed by atoms with van der Waals surface area (Å²) in [5, 5.41) is 29.8. The van der Waals surface area contributed by atoms with Crippen LogP contribution in [-0.2, 0) is 5.60 Å². The second kappa shape index (κ2) is 9.57. The number of aromatic nitrogens is 3. The van der Waals surface area contributed by atoms with Gasteiger partial charge in [0.2, 0.25) is 0 Å². The number of nitrogens with zero attached hydrogens (tertiary/aromatic N) is 3. The van der Waals surface area contributed by atoms with Gasteiger partial charge in [-0.1, -0.05) is 72.4 Å². The first-order valence-electron chi connectivity index (χ1n) is 10.1. The second-order valence-corrected chi connectivity index (χ2v) is 8.42. The van der Waals surface area contributed by atoms with E-state index in [-0.39, 0.29) is 11.0 Å². The molecule has 1 unspecified atom stereocenters. The molecular formula is C24H19F4N3O2S. The quantitative estimate of drug-likeness (QED) is 0.291. The molecule has 1 aromatic heterocycles. The van der Waals surface area contributed by atoms with Crippen LogP contribution in [0.2, 0.25) is 0 Å². The molecule has 1 atom stereocenters. The highest BCUT2D eigenvalue weighted by molar-refractivity contribution is 7.99. The summed E-state index contributed by atoms with van der Waals surface area (Å²) in [6, 6.07) is 22.4. The van der Waals surface area contributed by atoms with Crippen molar-refractivity contribution < 1.29 is 27.8 Å². The fourth-order valence-corrected chi connectivity index (χ4v) is 4.37. The van der Waals surface area contributed by atoms with E-state index in [4.69, 9.17) is 0 Å². The number of hydrogen-bond donors (Lipinski definition) is 2. The van der Waals surface area contributed by atoms with Crippen molar-refractivity contribution in [2.24, 2.45) is 0 Å². The largest absolute Gasteiger partial charge is 0.415 e. The van der Waals surface area contributed by atoms with Crippen LogP contribution in [0.1, 0.15) is 17.0 Å². The van der Waals surface area contributed by atoms with E-state index in [1.54, 1.807) is 60.7 Å². The normalized spacial score (nSPS) is 13.1. The highest BCUT2D eigenvalue weighted by Crippen LogP contribution is 2.38. The summed E-state index contributed by atoms with van der Waals surface area (Å²) in [5.74, 6) is -1.25. The lowest BCUT2D eigenvalue weighted by molar-refractivity contribution is -0.195. The number of aliphatic hydroxyl groups excluding tert-OH is 1. The van der Waals surface area contributed by atoms with Crippen LogP contribution >= 0.6 is 11.8 Å². The predicted octanol–water partition coefficient (Wildman–Crippen LogP) is 4.71. The van der Waals surface area contributed by atoms with Crippen LogP contribution in [-0.4, -0.2) is 43.0 Å². The molecule has 0 amide bonds. The van der Waals surface area contributed by atoms with Gasteiger partial charge in [-0.2, -0.15) is 13.2 Å². The Bertz CT molecular complexity index is 1190. The molecule has 4 aromatic rings. The molecule has 3 aromatic carbocycles. The third-order valence-electron chi connectivity index (χ3n) is 5.17. The fourth-order valence-electron chi connectivity index (χ4n) is 3.45. The number of halogens is 4. The molecule has 4 rings (SSSR count). The second-order valence-electron chi connectivity index (χ2n) is 7.43. The average Bonchev–Trinajstić information content (AvgIpc) is 3.27. The van der Waals surface area contributed by atoms with E-state index < -0.39 is 29.5 Å². The van der Waals surface area contributed by atoms with Crippen LogP contribution in [0.4, 0.5) is 17.6 Å². The van der Waals surface area contributed by atoms with E-state index in [1.807, 2.05) is 0 Å². The lowest BCUT2D eigenvalue weighted by Crippen LogP contribution is -2.33. The summed E-state index contributed by atoms with van der Waals surface area (Å²) in [7, 11) is 0. The van der Waals surface area contributed by atoms with E-state index in [0.717, 1.165) is 0 Å². The van der Waals surface area contributed by atoms with Crippen LogP contribution < -0.4 is 0 Å². The van der Waals surface area contributed by atoms with Gasteiger partial charge < -0.3 is 10.2 Å². The van der Waals surface area contributed by atoms with Crippen molar-refractivity contribution in [3.8, 4) is 5.69 Å². The van der Waals surface area contributed by atoms with Gasteiger partial charge in [0.05, 0.1) is 0 Å². The van der Waals surface area contributed by atoms with E-state index >= 15 is 0 Å². The molecule has 176 valence electrons. The molecule has 10 heteroatoms. The van der Waals surface area contributed by atoms with Gasteiger partial charge in [-0.3, -0.25) is 4.57 Å². The highest BCUT2D eigenvalue weighted by atomic mass is 32.2. The molecule has 0 aliphatic rings. The Morgan fingerprint density at radius 3 is 1.85 bits per heavy atom. The lowest BCUT2D eigenvalue weighted by atomic mass is 9.85. The zero-order chi connectivity index (χ0) is 24.3. The molecule has 0 aliphatic heterocycles. The highest BCUT2D eigenvalue weighted by Gasteiger charge is 2.41. The minimum atomic E-state index is -4.80. The number of aliphatic hydroxyl groups is 2. The summed E-state index contributed by atoms with van der Waals surface area (Å²) in [4.78, 5) is 0. The Morgan fingerprint density at radius 1 is 0.824 bits per heavy atom. The summed E-state index contributed by atoms with van der Waals surface area (Å²) >= 11 is 0.623. The van der Waals surface area contributed by atoms with Crippen LogP contribution in [0.3, 0.4) is 0 Å². The molecule has 0 saturated carbocycles. The zero-order valence-corrected chi connectivity index (χ0v) is 18.3. The molecule has 0 spiro atoms. The number of alkyl halides is 3. The molecular weight excluding hydrogens is 470 g/mol. The van der Waals surface area contributed by atoms with Gasteiger partial charge in [0.15, 0.2) is 22.7 Å². The van der Waals surface area contributed by atoms with Gasteiger partial charge in [0, 0.05) is 11.4 Å². The third-order valence-corrected chi connectivity index (χ3v) is 6.18. The average molecular weight is 489 g/mol. The summed E-state index contributed by atoms with van der Waals surface area (Å²) in [6.45, 7) is 0. The zero-order valence-electron chi connectivity index (χ0n) is 17.5. The van der Waals surface area contributed by atoms with Crippen molar-refractivity contribution >= 4 is 11.8 Å². The third kappa shape index (κ3) is 4.70. The Morgan fingerprint density at radius 2 is 1.35 bits per heavy atom. The van der Waals surface area contributed by atoms with Gasteiger partial charge in [-0.05, 0) is 35.4 Å². The van der Waals surface area contributed by atoms with Crippen LogP contribution in [0.25, 0.3) is 5.69 Å². The summed E-state index contributed by atoms with van der Waals surface area (Å²) in [6.07, 6.45) is -7.38. The van der Waals surface area contributed by atoms with E-state index in [0.29, 0.717) is 28.6 Å². The Labute approximate surface area is 196 Å². The summed E-state index contributed by atoms with van der Waals surface area (Å²) in [5.41, 5.74) is -0.617. The minimum absolute atomic E-state index is 0.000469. The van der Waals surface area contributed by atoms with Gasteiger partial charge in [0.25, 0.3) is 0 Å². The Balaban J connectivity index is 1.90. The van der Waals surface area contributed by atoms with Crippen molar-refractivity contribution in [3.05, 3.63) is 108 Å². The number of benzene rings is 3. The minimum Gasteiger partial charge on any atom is -0.383 e. The van der Waals surface area contributed by atoms with Gasteiger partial charge >= 0.3 is 6.18 Å². The van der Waals surface area contributed by atoms with Gasteiger partial charge in [0.1, 0.15) is 5.82 Å². The van der Waals surface area contributed by atoms with Crippen LogP contribution in [0, 0.1) is 5.82 Å². The summed E-state index contributed by atoms with van der Waals surface area (Å²) < 4.78 is 53.6. The standard InChI is InChI=1S/C24H19F4N3O2S/c25-18-11-13-19(14-12-18)31-21(29-30-22(31)34-15-20(32)24(26,27)28)23(33,16-7-3-1-4-8-16)17-9-5-2-6-10-17/h1-14,20,32-33H,15H2. The van der Waals surface area contributed by atoms with Crippen LogP contribution in [0.15, 0.2) is 90.1 Å². The van der Waals surface area contributed by atoms with Gasteiger partial charge in [-0.15, -0.1) is 10.2 Å². The van der Waals surface area contributed by atoms with Crippen LogP contribution in [0.5, 0.6) is 0 Å². The first kappa shape index (κ1) is 23.9. The molecule has 0 aliphatic carbocycles. The SMILES string of the molecule is OC(CSc1nnc(C(O)(c2ccccc2)c2ccccc2)n1-c1ccc(F)cc1)C(F)(F)F. The first-order chi connectivity index (χ1) is 16.2. The maximum Gasteiger partial charge on any atom is 0.415 e. The number of hydrogen-bond acceptors (Lipinski definition) is 5. The van der Waals surface area contributed by atoms with E-state index in [9.17, 15) is 27.8 Å². The molecule has 2 N–H and O–H groups in total. The van der Waals surface area contributed by atoms with Crippen molar-refractivity contribution in [1.29, 1.82) is 0 Å². The molecule has 0 saturated heterocycles. The maximum absolute atomic E-state index is 13.6. The van der Waals surface area contributed by atoms with Crippen molar-refractivity contribution in [2.45, 2.75) is 23.0 Å². The fraction of sp³-hybridized carbons (Fsp3) is 0.167. The first-order valence-corrected chi connectivity index (χ1v) is 11.1.